The van der Waals surface area contributed by atoms with Crippen LogP contribution in [0.2, 0.25) is 10.2 Å². The number of carboxylic acid groups (broad SMARTS) is 1. The molecule has 5 heteroatoms. The van der Waals surface area contributed by atoms with Crippen molar-refractivity contribution < 1.29 is 9.90 Å². The van der Waals surface area contributed by atoms with Gasteiger partial charge in [-0.1, -0.05) is 49.9 Å². The van der Waals surface area contributed by atoms with Gasteiger partial charge in [-0.3, -0.25) is 4.79 Å². The lowest BCUT2D eigenvalue weighted by molar-refractivity contribution is -0.149. The summed E-state index contributed by atoms with van der Waals surface area (Å²) in [7, 11) is 0. The zero-order chi connectivity index (χ0) is 14.5. The van der Waals surface area contributed by atoms with Gasteiger partial charge >= 0.3 is 5.97 Å². The van der Waals surface area contributed by atoms with Crippen LogP contribution in [-0.2, 0) is 11.2 Å². The molecular formula is C14H19Cl2NO2. The number of halogens is 2. The van der Waals surface area contributed by atoms with Gasteiger partial charge in [0.25, 0.3) is 0 Å². The third-order valence-corrected chi connectivity index (χ3v) is 4.12. The third kappa shape index (κ3) is 4.08. The first-order chi connectivity index (χ1) is 8.95. The van der Waals surface area contributed by atoms with E-state index in [1.54, 1.807) is 12.3 Å². The van der Waals surface area contributed by atoms with Gasteiger partial charge in [0.15, 0.2) is 0 Å². The first-order valence-corrected chi connectivity index (χ1v) is 7.24. The molecular weight excluding hydrogens is 285 g/mol. The van der Waals surface area contributed by atoms with Crippen molar-refractivity contribution in [1.29, 1.82) is 0 Å². The second kappa shape index (κ2) is 7.11. The number of hydrogen-bond acceptors (Lipinski definition) is 2. The van der Waals surface area contributed by atoms with E-state index >= 15 is 0 Å². The minimum absolute atomic E-state index is 0.319. The van der Waals surface area contributed by atoms with Gasteiger partial charge in [0, 0.05) is 11.2 Å². The minimum Gasteiger partial charge on any atom is -0.481 e. The molecule has 19 heavy (non-hydrogen) atoms. The molecule has 106 valence electrons. The molecule has 0 spiro atoms. The summed E-state index contributed by atoms with van der Waals surface area (Å²) in [4.78, 5) is 15.6. The number of carbonyl (C=O) groups is 1. The fraction of sp³-hybridized carbons (Fsp3) is 0.571. The monoisotopic (exact) mass is 303 g/mol. The Balaban J connectivity index is 3.02. The number of aromatic nitrogens is 1. The number of pyridine rings is 1. The molecule has 0 fully saturated rings. The van der Waals surface area contributed by atoms with E-state index in [9.17, 15) is 9.90 Å². The summed E-state index contributed by atoms with van der Waals surface area (Å²) in [6.45, 7) is 3.96. The molecule has 1 atom stereocenters. The van der Waals surface area contributed by atoms with Crippen molar-refractivity contribution >= 4 is 29.2 Å². The van der Waals surface area contributed by atoms with Crippen LogP contribution in [0.3, 0.4) is 0 Å². The molecule has 1 rings (SSSR count). The van der Waals surface area contributed by atoms with Crippen molar-refractivity contribution in [3.05, 3.63) is 28.0 Å². The van der Waals surface area contributed by atoms with Gasteiger partial charge in [0.05, 0.1) is 5.41 Å². The van der Waals surface area contributed by atoms with Crippen LogP contribution >= 0.6 is 23.2 Å². The molecule has 1 aromatic rings. The highest BCUT2D eigenvalue weighted by atomic mass is 35.5. The third-order valence-electron chi connectivity index (χ3n) is 3.56. The maximum atomic E-state index is 11.7. The topological polar surface area (TPSA) is 50.2 Å². The fourth-order valence-electron chi connectivity index (χ4n) is 2.17. The number of hydrogen-bond donors (Lipinski definition) is 1. The Morgan fingerprint density at radius 3 is 2.58 bits per heavy atom. The first kappa shape index (κ1) is 16.3. The maximum absolute atomic E-state index is 11.7. The number of aliphatic carboxylic acids is 1. The van der Waals surface area contributed by atoms with Crippen LogP contribution in [0, 0.1) is 5.41 Å². The Morgan fingerprint density at radius 2 is 2.11 bits per heavy atom. The average molecular weight is 304 g/mol. The molecule has 0 bridgehead atoms. The summed E-state index contributed by atoms with van der Waals surface area (Å²) < 4.78 is 0. The summed E-state index contributed by atoms with van der Waals surface area (Å²) in [5.41, 5.74) is -0.0266. The molecule has 3 nitrogen and oxygen atoms in total. The number of nitrogens with zero attached hydrogens (tertiary/aromatic N) is 1. The number of carboxylic acids is 1. The van der Waals surface area contributed by atoms with Crippen LogP contribution < -0.4 is 0 Å². The molecule has 1 unspecified atom stereocenters. The van der Waals surface area contributed by atoms with E-state index in [-0.39, 0.29) is 0 Å². The van der Waals surface area contributed by atoms with Crippen molar-refractivity contribution in [3.8, 4) is 0 Å². The Labute approximate surface area is 123 Å². The highest BCUT2D eigenvalue weighted by Gasteiger charge is 2.36. The van der Waals surface area contributed by atoms with Gasteiger partial charge in [-0.2, -0.15) is 0 Å². The Bertz CT molecular complexity index is 451. The van der Waals surface area contributed by atoms with E-state index in [1.807, 2.05) is 6.92 Å². The summed E-state index contributed by atoms with van der Waals surface area (Å²) in [5.74, 6) is -0.769. The lowest BCUT2D eigenvalue weighted by Gasteiger charge is -2.28. The standard InChI is InChI=1S/C14H19Cl2NO2/c1-3-5-6-14(4-2,13(18)19)8-10-9-17-12(16)7-11(10)15/h7,9H,3-6,8H2,1-2H3,(H,18,19). The van der Waals surface area contributed by atoms with Crippen LogP contribution in [0.5, 0.6) is 0 Å². The van der Waals surface area contributed by atoms with Gasteiger partial charge < -0.3 is 5.11 Å². The molecule has 0 aliphatic rings. The van der Waals surface area contributed by atoms with Crippen LogP contribution in [0.1, 0.15) is 45.1 Å². The second-order valence-corrected chi connectivity index (χ2v) is 5.61. The van der Waals surface area contributed by atoms with Crippen molar-refractivity contribution in [3.63, 3.8) is 0 Å². The average Bonchev–Trinajstić information content (AvgIpc) is 2.37. The molecule has 0 radical (unpaired) electrons. The highest BCUT2D eigenvalue weighted by Crippen LogP contribution is 2.35. The quantitative estimate of drug-likeness (QED) is 0.749. The van der Waals surface area contributed by atoms with Crippen molar-refractivity contribution in [1.82, 2.24) is 4.98 Å². The van der Waals surface area contributed by atoms with E-state index in [0.29, 0.717) is 29.4 Å². The second-order valence-electron chi connectivity index (χ2n) is 4.82. The van der Waals surface area contributed by atoms with Crippen molar-refractivity contribution in [2.45, 2.75) is 46.0 Å². The van der Waals surface area contributed by atoms with Crippen LogP contribution in [-0.4, -0.2) is 16.1 Å². The van der Waals surface area contributed by atoms with E-state index in [2.05, 4.69) is 11.9 Å². The SMILES string of the molecule is CCCCC(CC)(Cc1cnc(Cl)cc1Cl)C(=O)O. The van der Waals surface area contributed by atoms with E-state index in [4.69, 9.17) is 23.2 Å². The van der Waals surface area contributed by atoms with Gasteiger partial charge in [0.1, 0.15) is 5.15 Å². The summed E-state index contributed by atoms with van der Waals surface area (Å²) in [6.07, 6.45) is 5.04. The Kier molecular flexibility index (Phi) is 6.08. The van der Waals surface area contributed by atoms with Crippen molar-refractivity contribution in [2.75, 3.05) is 0 Å². The van der Waals surface area contributed by atoms with Crippen molar-refractivity contribution in [2.24, 2.45) is 5.41 Å². The Morgan fingerprint density at radius 1 is 1.42 bits per heavy atom. The molecule has 0 saturated carbocycles. The number of unbranched alkanes of at least 4 members (excludes halogenated alkanes) is 1. The lowest BCUT2D eigenvalue weighted by atomic mass is 9.75. The van der Waals surface area contributed by atoms with Crippen LogP contribution in [0.4, 0.5) is 0 Å². The minimum atomic E-state index is -0.769. The molecule has 1 heterocycles. The Hall–Kier alpha value is -0.800. The van der Waals surface area contributed by atoms with E-state index in [1.165, 1.54) is 0 Å². The molecule has 0 aliphatic heterocycles. The summed E-state index contributed by atoms with van der Waals surface area (Å²) in [6, 6.07) is 1.56. The molecule has 0 aliphatic carbocycles. The largest absolute Gasteiger partial charge is 0.481 e. The summed E-state index contributed by atoms with van der Waals surface area (Å²) >= 11 is 11.9. The van der Waals surface area contributed by atoms with Gasteiger partial charge in [0.2, 0.25) is 0 Å². The molecule has 0 saturated heterocycles. The predicted octanol–water partition coefficient (Wildman–Crippen LogP) is 4.60. The smallest absolute Gasteiger partial charge is 0.309 e. The predicted molar refractivity (Wildman–Crippen MR) is 77.8 cm³/mol. The maximum Gasteiger partial charge on any atom is 0.309 e. The van der Waals surface area contributed by atoms with Gasteiger partial charge in [-0.05, 0) is 30.9 Å². The molecule has 0 amide bonds. The highest BCUT2D eigenvalue weighted by molar-refractivity contribution is 6.34. The zero-order valence-corrected chi connectivity index (χ0v) is 12.8. The normalized spacial score (nSPS) is 14.1. The summed E-state index contributed by atoms with van der Waals surface area (Å²) in [5, 5.41) is 10.4. The van der Waals surface area contributed by atoms with Gasteiger partial charge in [-0.25, -0.2) is 4.98 Å². The zero-order valence-electron chi connectivity index (χ0n) is 11.2. The first-order valence-electron chi connectivity index (χ1n) is 6.48. The lowest BCUT2D eigenvalue weighted by Crippen LogP contribution is -2.33. The van der Waals surface area contributed by atoms with E-state index in [0.717, 1.165) is 18.4 Å². The number of rotatable bonds is 7. The van der Waals surface area contributed by atoms with Gasteiger partial charge in [-0.15, -0.1) is 0 Å². The molecule has 0 aromatic carbocycles. The fourth-order valence-corrected chi connectivity index (χ4v) is 2.60. The molecule has 1 N–H and O–H groups in total. The van der Waals surface area contributed by atoms with E-state index < -0.39 is 11.4 Å². The van der Waals surface area contributed by atoms with Crippen LogP contribution in [0.15, 0.2) is 12.3 Å². The molecule has 1 aromatic heterocycles. The van der Waals surface area contributed by atoms with Crippen LogP contribution in [0.25, 0.3) is 0 Å².